The van der Waals surface area contributed by atoms with Crippen LogP contribution in [0.2, 0.25) is 0 Å². The Morgan fingerprint density at radius 3 is 2.50 bits per heavy atom. The van der Waals surface area contributed by atoms with Gasteiger partial charge in [0.1, 0.15) is 5.69 Å². The third-order valence-corrected chi connectivity index (χ3v) is 1.64. The summed E-state index contributed by atoms with van der Waals surface area (Å²) < 4.78 is 41.3. The molecule has 0 saturated heterocycles. The molecule has 0 bridgehead atoms. The summed E-state index contributed by atoms with van der Waals surface area (Å²) in [6.45, 7) is 0. The topological polar surface area (TPSA) is 22.1 Å². The molecule has 1 heterocycles. The molecule has 0 unspecified atom stereocenters. The molecule has 14 heavy (non-hydrogen) atoms. The Bertz CT molecular complexity index is 327. The standard InChI is InChI=1S/C8H7BF3NO/c1-14-7-5(4-9)2-3-6(13-7)8(10,11)12/h2-3H,4H2,1H3. The fourth-order valence-corrected chi connectivity index (χ4v) is 0.959. The Hall–Kier alpha value is -1.20. The van der Waals surface area contributed by atoms with Gasteiger partial charge in [-0.1, -0.05) is 12.4 Å². The van der Waals surface area contributed by atoms with Crippen LogP contribution in [0.15, 0.2) is 12.1 Å². The van der Waals surface area contributed by atoms with Gasteiger partial charge in [-0.3, -0.25) is 0 Å². The molecule has 0 N–H and O–H groups in total. The zero-order chi connectivity index (χ0) is 10.8. The van der Waals surface area contributed by atoms with Gasteiger partial charge in [0.15, 0.2) is 0 Å². The van der Waals surface area contributed by atoms with Crippen LogP contribution < -0.4 is 4.74 Å². The van der Waals surface area contributed by atoms with E-state index in [1.165, 1.54) is 13.2 Å². The zero-order valence-corrected chi connectivity index (χ0v) is 7.43. The molecule has 0 aromatic carbocycles. The maximum absolute atomic E-state index is 12.2. The quantitative estimate of drug-likeness (QED) is 0.680. The van der Waals surface area contributed by atoms with E-state index in [9.17, 15) is 13.2 Å². The van der Waals surface area contributed by atoms with Gasteiger partial charge in [-0.2, -0.15) is 13.2 Å². The molecular formula is C8H7BF3NO. The molecule has 0 saturated carbocycles. The van der Waals surface area contributed by atoms with Crippen LogP contribution in [0.3, 0.4) is 0 Å². The van der Waals surface area contributed by atoms with Gasteiger partial charge in [0.05, 0.1) is 15.0 Å². The summed E-state index contributed by atoms with van der Waals surface area (Å²) in [7, 11) is 6.54. The predicted molar refractivity (Wildman–Crippen MR) is 45.2 cm³/mol. The van der Waals surface area contributed by atoms with Gasteiger partial charge in [-0.05, 0) is 6.07 Å². The Labute approximate surface area is 80.5 Å². The van der Waals surface area contributed by atoms with E-state index in [2.05, 4.69) is 9.72 Å². The maximum atomic E-state index is 12.2. The van der Waals surface area contributed by atoms with Gasteiger partial charge in [-0.25, -0.2) is 4.98 Å². The molecule has 1 rings (SSSR count). The lowest BCUT2D eigenvalue weighted by Crippen LogP contribution is -2.09. The average molecular weight is 201 g/mol. The molecule has 0 aliphatic carbocycles. The largest absolute Gasteiger partial charge is 0.481 e. The molecule has 74 valence electrons. The first kappa shape index (κ1) is 10.9. The second-order valence-corrected chi connectivity index (χ2v) is 2.57. The Morgan fingerprint density at radius 2 is 2.07 bits per heavy atom. The highest BCUT2D eigenvalue weighted by Crippen LogP contribution is 2.29. The molecule has 1 aromatic rings. The van der Waals surface area contributed by atoms with E-state index in [0.29, 0.717) is 5.56 Å². The average Bonchev–Trinajstić information content (AvgIpc) is 2.15. The van der Waals surface area contributed by atoms with Crippen molar-refractivity contribution in [1.82, 2.24) is 4.98 Å². The van der Waals surface area contributed by atoms with E-state index in [1.54, 1.807) is 0 Å². The minimum atomic E-state index is -4.46. The predicted octanol–water partition coefficient (Wildman–Crippen LogP) is 1.78. The summed E-state index contributed by atoms with van der Waals surface area (Å²) >= 11 is 0. The lowest BCUT2D eigenvalue weighted by Gasteiger charge is -2.09. The monoisotopic (exact) mass is 201 g/mol. The Kier molecular flexibility index (Phi) is 3.03. The molecule has 0 amide bonds. The van der Waals surface area contributed by atoms with Crippen molar-refractivity contribution in [2.75, 3.05) is 7.11 Å². The van der Waals surface area contributed by atoms with Crippen molar-refractivity contribution in [3.05, 3.63) is 23.4 Å². The third kappa shape index (κ3) is 2.18. The van der Waals surface area contributed by atoms with Gasteiger partial charge in [0.2, 0.25) is 5.88 Å². The number of ether oxygens (including phenoxy) is 1. The summed E-state index contributed by atoms with van der Waals surface area (Å²) in [5.74, 6) is -0.0812. The minimum absolute atomic E-state index is 0.0812. The smallest absolute Gasteiger partial charge is 0.433 e. The summed E-state index contributed by atoms with van der Waals surface area (Å²) in [6, 6.07) is 2.14. The summed E-state index contributed by atoms with van der Waals surface area (Å²) in [5, 5.41) is 0. The van der Waals surface area contributed by atoms with E-state index < -0.39 is 11.9 Å². The van der Waals surface area contributed by atoms with Gasteiger partial charge in [0, 0.05) is 5.56 Å². The highest BCUT2D eigenvalue weighted by atomic mass is 19.4. The highest BCUT2D eigenvalue weighted by molar-refractivity contribution is 6.08. The molecule has 2 nitrogen and oxygen atoms in total. The molecule has 0 aliphatic rings. The number of aromatic nitrogens is 1. The third-order valence-electron chi connectivity index (χ3n) is 1.64. The van der Waals surface area contributed by atoms with E-state index in [-0.39, 0.29) is 12.2 Å². The lowest BCUT2D eigenvalue weighted by molar-refractivity contribution is -0.141. The van der Waals surface area contributed by atoms with Crippen LogP contribution in [0.4, 0.5) is 13.2 Å². The van der Waals surface area contributed by atoms with Crippen LogP contribution in [0.5, 0.6) is 5.88 Å². The van der Waals surface area contributed by atoms with Gasteiger partial charge in [-0.15, -0.1) is 0 Å². The lowest BCUT2D eigenvalue weighted by atomic mass is 9.98. The number of pyridine rings is 1. The van der Waals surface area contributed by atoms with Gasteiger partial charge >= 0.3 is 6.18 Å². The zero-order valence-electron chi connectivity index (χ0n) is 7.43. The minimum Gasteiger partial charge on any atom is -0.481 e. The van der Waals surface area contributed by atoms with Gasteiger partial charge in [0.25, 0.3) is 0 Å². The second-order valence-electron chi connectivity index (χ2n) is 2.57. The second kappa shape index (κ2) is 3.90. The van der Waals surface area contributed by atoms with E-state index in [1.807, 2.05) is 0 Å². The van der Waals surface area contributed by atoms with E-state index in [4.69, 9.17) is 7.85 Å². The summed E-state index contributed by atoms with van der Waals surface area (Å²) in [6.07, 6.45) is -4.37. The van der Waals surface area contributed by atoms with Crippen LogP contribution in [0, 0.1) is 0 Å². The fraction of sp³-hybridized carbons (Fsp3) is 0.375. The normalized spacial score (nSPS) is 11.4. The van der Waals surface area contributed by atoms with Crippen molar-refractivity contribution in [3.63, 3.8) is 0 Å². The molecule has 0 fully saturated rings. The molecule has 6 heteroatoms. The van der Waals surface area contributed by atoms with Gasteiger partial charge < -0.3 is 4.74 Å². The molecule has 0 spiro atoms. The Balaban J connectivity index is 3.14. The molecular weight excluding hydrogens is 194 g/mol. The van der Waals surface area contributed by atoms with E-state index in [0.717, 1.165) is 6.07 Å². The SMILES string of the molecule is [B]Cc1ccc(C(F)(F)F)nc1OC. The van der Waals surface area contributed by atoms with Crippen molar-refractivity contribution in [1.29, 1.82) is 0 Å². The Morgan fingerprint density at radius 1 is 1.43 bits per heavy atom. The van der Waals surface area contributed by atoms with Crippen LogP contribution in [-0.4, -0.2) is 19.9 Å². The summed E-state index contributed by atoms with van der Waals surface area (Å²) in [4.78, 5) is 3.31. The van der Waals surface area contributed by atoms with Crippen molar-refractivity contribution < 1.29 is 17.9 Å². The van der Waals surface area contributed by atoms with Crippen molar-refractivity contribution in [2.24, 2.45) is 0 Å². The summed E-state index contributed by atoms with van der Waals surface area (Å²) in [5.41, 5.74) is -0.535. The van der Waals surface area contributed by atoms with Crippen LogP contribution >= 0.6 is 0 Å². The molecule has 2 radical (unpaired) electrons. The van der Waals surface area contributed by atoms with Crippen molar-refractivity contribution >= 4 is 7.85 Å². The number of hydrogen-bond donors (Lipinski definition) is 0. The molecule has 0 aliphatic heterocycles. The first-order chi connectivity index (χ1) is 6.49. The van der Waals surface area contributed by atoms with Crippen molar-refractivity contribution in [2.45, 2.75) is 12.5 Å². The first-order valence-electron chi connectivity index (χ1n) is 3.80. The first-order valence-corrected chi connectivity index (χ1v) is 3.80. The van der Waals surface area contributed by atoms with Crippen LogP contribution in [-0.2, 0) is 12.5 Å². The van der Waals surface area contributed by atoms with Crippen LogP contribution in [0.1, 0.15) is 11.3 Å². The number of rotatable bonds is 2. The number of nitrogens with zero attached hydrogens (tertiary/aromatic N) is 1. The fourth-order valence-electron chi connectivity index (χ4n) is 0.959. The number of halogens is 3. The molecule has 0 atom stereocenters. The van der Waals surface area contributed by atoms with E-state index >= 15 is 0 Å². The number of alkyl halides is 3. The number of hydrogen-bond acceptors (Lipinski definition) is 2. The number of methoxy groups -OCH3 is 1. The van der Waals surface area contributed by atoms with Crippen LogP contribution in [0.25, 0.3) is 0 Å². The maximum Gasteiger partial charge on any atom is 0.433 e. The highest BCUT2D eigenvalue weighted by Gasteiger charge is 2.33. The molecule has 1 aromatic heterocycles. The van der Waals surface area contributed by atoms with Crippen molar-refractivity contribution in [3.8, 4) is 5.88 Å².